The zero-order chi connectivity index (χ0) is 8.27. The molecule has 1 rings (SSSR count). The molecule has 0 aliphatic heterocycles. The fourth-order valence-electron chi connectivity index (χ4n) is 1.04. The van der Waals surface area contributed by atoms with Crippen LogP contribution in [0.15, 0.2) is 18.2 Å². The molecule has 11 heavy (non-hydrogen) atoms. The first-order valence-corrected chi connectivity index (χ1v) is 3.86. The van der Waals surface area contributed by atoms with Crippen molar-refractivity contribution in [2.24, 2.45) is 5.73 Å². The van der Waals surface area contributed by atoms with Crippen LogP contribution in [-0.4, -0.2) is 11.0 Å². The molecule has 0 bridgehead atoms. The molecule has 1 heterocycles. The van der Waals surface area contributed by atoms with Gasteiger partial charge in [0.2, 0.25) is 0 Å². The van der Waals surface area contributed by atoms with Crippen molar-refractivity contribution in [2.45, 2.75) is 26.3 Å². The van der Waals surface area contributed by atoms with Crippen molar-refractivity contribution in [1.29, 1.82) is 0 Å². The van der Waals surface area contributed by atoms with E-state index in [2.05, 4.69) is 4.98 Å². The Kier molecular flexibility index (Phi) is 2.60. The third-order valence-corrected chi connectivity index (χ3v) is 1.48. The summed E-state index contributed by atoms with van der Waals surface area (Å²) in [4.78, 5) is 4.33. The van der Waals surface area contributed by atoms with Crippen molar-refractivity contribution in [1.82, 2.24) is 4.98 Å². The molecule has 2 N–H and O–H groups in total. The summed E-state index contributed by atoms with van der Waals surface area (Å²) in [6.45, 7) is 3.98. The molecule has 2 heteroatoms. The van der Waals surface area contributed by atoms with Gasteiger partial charge in [-0.1, -0.05) is 6.07 Å². The fraction of sp³-hybridized carbons (Fsp3) is 0.444. The van der Waals surface area contributed by atoms with E-state index in [1.165, 1.54) is 0 Å². The molecule has 0 saturated carbocycles. The van der Waals surface area contributed by atoms with Gasteiger partial charge < -0.3 is 5.73 Å². The van der Waals surface area contributed by atoms with Crippen molar-refractivity contribution in [3.05, 3.63) is 29.6 Å². The van der Waals surface area contributed by atoms with Gasteiger partial charge in [-0.3, -0.25) is 4.98 Å². The second kappa shape index (κ2) is 3.49. The van der Waals surface area contributed by atoms with Crippen molar-refractivity contribution < 1.29 is 0 Å². The minimum Gasteiger partial charge on any atom is -0.328 e. The maximum absolute atomic E-state index is 5.63. The van der Waals surface area contributed by atoms with E-state index in [1.54, 1.807) is 0 Å². The molecule has 0 radical (unpaired) electrons. The van der Waals surface area contributed by atoms with E-state index in [0.717, 1.165) is 17.8 Å². The lowest BCUT2D eigenvalue weighted by atomic mass is 10.2. The van der Waals surface area contributed by atoms with Crippen LogP contribution in [0.1, 0.15) is 18.3 Å². The van der Waals surface area contributed by atoms with E-state index in [1.807, 2.05) is 32.0 Å². The van der Waals surface area contributed by atoms with Crippen LogP contribution in [-0.2, 0) is 6.42 Å². The highest BCUT2D eigenvalue weighted by Gasteiger charge is 1.97. The third-order valence-electron chi connectivity index (χ3n) is 1.48. The lowest BCUT2D eigenvalue weighted by molar-refractivity contribution is 0.720. The summed E-state index contributed by atoms with van der Waals surface area (Å²) in [6.07, 6.45) is 0.863. The Bertz CT molecular complexity index is 231. The number of nitrogens with two attached hydrogens (primary N) is 1. The first-order chi connectivity index (χ1) is 5.18. The highest BCUT2D eigenvalue weighted by Crippen LogP contribution is 2.00. The van der Waals surface area contributed by atoms with Crippen molar-refractivity contribution in [3.63, 3.8) is 0 Å². The molecule has 0 aliphatic rings. The van der Waals surface area contributed by atoms with Gasteiger partial charge in [0.05, 0.1) is 0 Å². The van der Waals surface area contributed by atoms with Crippen LogP contribution < -0.4 is 5.73 Å². The molecule has 1 aromatic heterocycles. The number of hydrogen-bond donors (Lipinski definition) is 1. The third kappa shape index (κ3) is 2.68. The standard InChI is InChI=1S/C9H14N2/c1-7(10)6-9-5-3-4-8(2)11-9/h3-5,7H,6,10H2,1-2H3. The van der Waals surface area contributed by atoms with E-state index >= 15 is 0 Å². The average Bonchev–Trinajstić information content (AvgIpc) is 1.85. The van der Waals surface area contributed by atoms with Gasteiger partial charge in [0, 0.05) is 23.9 Å². The molecule has 0 spiro atoms. The summed E-state index contributed by atoms with van der Waals surface area (Å²) in [5, 5.41) is 0. The summed E-state index contributed by atoms with van der Waals surface area (Å²) < 4.78 is 0. The SMILES string of the molecule is Cc1cccc(CC(C)N)n1. The zero-order valence-electron chi connectivity index (χ0n) is 7.04. The topological polar surface area (TPSA) is 38.9 Å². The summed E-state index contributed by atoms with van der Waals surface area (Å²) in [7, 11) is 0. The van der Waals surface area contributed by atoms with Crippen LogP contribution in [0.2, 0.25) is 0 Å². The molecule has 1 atom stereocenters. The van der Waals surface area contributed by atoms with Gasteiger partial charge in [0.15, 0.2) is 0 Å². The largest absolute Gasteiger partial charge is 0.328 e. The summed E-state index contributed by atoms with van der Waals surface area (Å²) in [5.41, 5.74) is 7.78. The number of aromatic nitrogens is 1. The Labute approximate surface area is 67.5 Å². The highest BCUT2D eigenvalue weighted by molar-refractivity contribution is 5.10. The van der Waals surface area contributed by atoms with E-state index in [9.17, 15) is 0 Å². The lowest BCUT2D eigenvalue weighted by Gasteiger charge is -2.03. The molecular weight excluding hydrogens is 136 g/mol. The molecule has 0 fully saturated rings. The number of pyridine rings is 1. The molecule has 1 aromatic rings. The van der Waals surface area contributed by atoms with Gasteiger partial charge >= 0.3 is 0 Å². The second-order valence-electron chi connectivity index (χ2n) is 2.95. The fourth-order valence-corrected chi connectivity index (χ4v) is 1.04. The van der Waals surface area contributed by atoms with Gasteiger partial charge in [0.25, 0.3) is 0 Å². The predicted molar refractivity (Wildman–Crippen MR) is 46.3 cm³/mol. The Morgan fingerprint density at radius 2 is 2.27 bits per heavy atom. The predicted octanol–water partition coefficient (Wildman–Crippen LogP) is 1.28. The number of aryl methyl sites for hydroxylation is 1. The molecular formula is C9H14N2. The molecule has 60 valence electrons. The highest BCUT2D eigenvalue weighted by atomic mass is 14.7. The first kappa shape index (κ1) is 8.21. The Morgan fingerprint density at radius 3 is 2.82 bits per heavy atom. The van der Waals surface area contributed by atoms with Crippen LogP contribution in [0, 0.1) is 6.92 Å². The quantitative estimate of drug-likeness (QED) is 0.689. The Hall–Kier alpha value is -0.890. The monoisotopic (exact) mass is 150 g/mol. The van der Waals surface area contributed by atoms with Gasteiger partial charge in [-0.25, -0.2) is 0 Å². The molecule has 0 amide bonds. The molecule has 0 saturated heterocycles. The van der Waals surface area contributed by atoms with Crippen LogP contribution >= 0.6 is 0 Å². The zero-order valence-corrected chi connectivity index (χ0v) is 7.04. The minimum absolute atomic E-state index is 0.198. The summed E-state index contributed by atoms with van der Waals surface area (Å²) in [6, 6.07) is 6.21. The van der Waals surface area contributed by atoms with Crippen LogP contribution in [0.3, 0.4) is 0 Å². The van der Waals surface area contributed by atoms with Crippen LogP contribution in [0.4, 0.5) is 0 Å². The van der Waals surface area contributed by atoms with E-state index in [-0.39, 0.29) is 6.04 Å². The minimum atomic E-state index is 0.198. The number of rotatable bonds is 2. The lowest BCUT2D eigenvalue weighted by Crippen LogP contribution is -2.18. The van der Waals surface area contributed by atoms with Gasteiger partial charge in [-0.05, 0) is 26.0 Å². The van der Waals surface area contributed by atoms with Gasteiger partial charge in [-0.15, -0.1) is 0 Å². The van der Waals surface area contributed by atoms with Gasteiger partial charge in [0.1, 0.15) is 0 Å². The number of nitrogens with zero attached hydrogens (tertiary/aromatic N) is 1. The normalized spacial score (nSPS) is 13.0. The molecule has 1 unspecified atom stereocenters. The molecule has 0 aromatic carbocycles. The Balaban J connectivity index is 2.71. The maximum atomic E-state index is 5.63. The smallest absolute Gasteiger partial charge is 0.0422 e. The van der Waals surface area contributed by atoms with Crippen LogP contribution in [0.25, 0.3) is 0 Å². The van der Waals surface area contributed by atoms with Crippen LogP contribution in [0.5, 0.6) is 0 Å². The Morgan fingerprint density at radius 1 is 1.55 bits per heavy atom. The van der Waals surface area contributed by atoms with E-state index in [0.29, 0.717) is 0 Å². The molecule has 0 aliphatic carbocycles. The van der Waals surface area contributed by atoms with Crippen molar-refractivity contribution in [2.75, 3.05) is 0 Å². The first-order valence-electron chi connectivity index (χ1n) is 3.86. The van der Waals surface area contributed by atoms with E-state index < -0.39 is 0 Å². The molecule has 2 nitrogen and oxygen atoms in total. The van der Waals surface area contributed by atoms with E-state index in [4.69, 9.17) is 5.73 Å². The maximum Gasteiger partial charge on any atom is 0.0422 e. The van der Waals surface area contributed by atoms with Crippen molar-refractivity contribution >= 4 is 0 Å². The summed E-state index contributed by atoms with van der Waals surface area (Å²) >= 11 is 0. The van der Waals surface area contributed by atoms with Crippen molar-refractivity contribution in [3.8, 4) is 0 Å². The second-order valence-corrected chi connectivity index (χ2v) is 2.95. The number of hydrogen-bond acceptors (Lipinski definition) is 2. The van der Waals surface area contributed by atoms with Gasteiger partial charge in [-0.2, -0.15) is 0 Å². The average molecular weight is 150 g/mol. The summed E-state index contributed by atoms with van der Waals surface area (Å²) in [5.74, 6) is 0.